The second-order valence-corrected chi connectivity index (χ2v) is 29.1. The van der Waals surface area contributed by atoms with E-state index in [2.05, 4.69) is 349 Å². The van der Waals surface area contributed by atoms with Gasteiger partial charge in [-0.1, -0.05) is 297 Å². The van der Waals surface area contributed by atoms with Crippen LogP contribution in [0.3, 0.4) is 0 Å². The maximum Gasteiger partial charge on any atom is 0.180 e. The minimum absolute atomic E-state index is 1.13. The van der Waals surface area contributed by atoms with Crippen LogP contribution >= 0.6 is 0 Å². The van der Waals surface area contributed by atoms with E-state index in [0.29, 0.717) is 0 Å². The average Bonchev–Trinajstić information content (AvgIpc) is 4.29. The molecule has 0 aliphatic heterocycles. The van der Waals surface area contributed by atoms with E-state index >= 15 is 0 Å². The van der Waals surface area contributed by atoms with Gasteiger partial charge in [-0.15, -0.1) is 0 Å². The molecule has 0 amide bonds. The highest BCUT2D eigenvalue weighted by Crippen LogP contribution is 2.40. The molecule has 0 unspecified atom stereocenters. The van der Waals surface area contributed by atoms with E-state index in [1.807, 2.05) is 0 Å². The van der Waals surface area contributed by atoms with Crippen molar-refractivity contribution in [3.05, 3.63) is 340 Å². The Balaban J connectivity index is 0.978. The fraction of sp³-hybridized carbons (Fsp3) is 0. The minimum Gasteiger partial charge on any atom is -0.309 e. The molecule has 0 aliphatic rings. The molecular weight excluding hydrogens is 1020 g/mol. The third kappa shape index (κ3) is 7.83. The Morgan fingerprint density at radius 2 is 0.573 bits per heavy atom. The molecule has 0 saturated carbocycles. The van der Waals surface area contributed by atoms with Crippen molar-refractivity contribution in [2.45, 2.75) is 0 Å². The quantitative estimate of drug-likeness (QED) is 0.0852. The SMILES string of the molecule is c1ccc(-c2ccc([Si](c3ccccc3)(c3ccccc3)c3cccc(-n4c5ccccc5c5c(-n6c7ccccc7c7c([Si](c8ccccc8)(c8ccccc8)c8cccc(-c9ccccc9)c8)cccc76)cccc54)c3)cc2)cc1. The molecule has 15 rings (SSSR count). The smallest absolute Gasteiger partial charge is 0.180 e. The number of rotatable bonds is 12. The summed E-state index contributed by atoms with van der Waals surface area (Å²) in [5, 5.41) is 15.7. The number of nitrogens with zero attached hydrogens (tertiary/aromatic N) is 2. The van der Waals surface area contributed by atoms with Crippen molar-refractivity contribution < 1.29 is 0 Å². The van der Waals surface area contributed by atoms with Crippen molar-refractivity contribution in [1.29, 1.82) is 0 Å². The van der Waals surface area contributed by atoms with Crippen molar-refractivity contribution in [3.8, 4) is 33.6 Å². The van der Waals surface area contributed by atoms with Gasteiger partial charge in [0.25, 0.3) is 0 Å². The molecule has 2 nitrogen and oxygen atoms in total. The Morgan fingerprint density at radius 3 is 1.15 bits per heavy atom. The van der Waals surface area contributed by atoms with E-state index in [4.69, 9.17) is 0 Å². The molecule has 4 heteroatoms. The molecule has 0 N–H and O–H groups in total. The summed E-state index contributed by atoms with van der Waals surface area (Å²) in [6.45, 7) is 0. The molecule has 0 radical (unpaired) electrons. The van der Waals surface area contributed by atoms with Crippen molar-refractivity contribution in [1.82, 2.24) is 9.13 Å². The Kier molecular flexibility index (Phi) is 12.3. The molecular formula is C78H56N2Si2. The Hall–Kier alpha value is -10.1. The Morgan fingerprint density at radius 1 is 0.207 bits per heavy atom. The lowest BCUT2D eigenvalue weighted by Gasteiger charge is -2.35. The number of fused-ring (bicyclic) bond motifs is 6. The lowest BCUT2D eigenvalue weighted by atomic mass is 10.1. The van der Waals surface area contributed by atoms with Gasteiger partial charge in [-0.05, 0) is 106 Å². The van der Waals surface area contributed by atoms with E-state index in [9.17, 15) is 0 Å². The first-order chi connectivity index (χ1) is 40.7. The topological polar surface area (TPSA) is 9.86 Å². The molecule has 15 aromatic rings. The summed E-state index contributed by atoms with van der Waals surface area (Å²) in [4.78, 5) is 0. The van der Waals surface area contributed by atoms with Gasteiger partial charge in [0, 0.05) is 27.2 Å². The van der Waals surface area contributed by atoms with Gasteiger partial charge < -0.3 is 9.13 Å². The van der Waals surface area contributed by atoms with Gasteiger partial charge in [0.2, 0.25) is 0 Å². The highest BCUT2D eigenvalue weighted by atomic mass is 28.3. The van der Waals surface area contributed by atoms with Crippen LogP contribution in [-0.2, 0) is 0 Å². The molecule has 386 valence electrons. The third-order valence-electron chi connectivity index (χ3n) is 17.2. The molecule has 13 aromatic carbocycles. The first-order valence-corrected chi connectivity index (χ1v) is 32.4. The fourth-order valence-electron chi connectivity index (χ4n) is 13.8. The first-order valence-electron chi connectivity index (χ1n) is 28.4. The highest BCUT2D eigenvalue weighted by molar-refractivity contribution is 7.21. The number of aromatic nitrogens is 2. The number of hydrogen-bond donors (Lipinski definition) is 0. The van der Waals surface area contributed by atoms with Crippen LogP contribution in [0.5, 0.6) is 0 Å². The van der Waals surface area contributed by atoms with Gasteiger partial charge in [-0.3, -0.25) is 0 Å². The largest absolute Gasteiger partial charge is 0.309 e. The van der Waals surface area contributed by atoms with E-state index in [1.165, 1.54) is 102 Å². The average molecular weight is 1080 g/mol. The van der Waals surface area contributed by atoms with Crippen LogP contribution in [0.2, 0.25) is 0 Å². The van der Waals surface area contributed by atoms with Crippen LogP contribution in [0.15, 0.2) is 340 Å². The molecule has 82 heavy (non-hydrogen) atoms. The van der Waals surface area contributed by atoms with Gasteiger partial charge in [0.05, 0.1) is 27.8 Å². The second kappa shape index (κ2) is 20.5. The standard InChI is InChI=1S/C78H56N2Si2/c1-7-27-57(28-8-1)59-51-53-66(54-52-59)81(62-33-11-3-12-34-62,63-35-13-4-14-36-63)68-42-24-32-61(56-68)79-71-45-21-19-43-69(71)77-73(79)47-25-48-74(77)80-72-46-22-20-44-70(72)78-75(80)49-26-50-76(78)82(64-37-15-5-16-38-64,65-39-17-6-18-40-65)67-41-23-31-60(55-67)58-29-9-2-10-30-58/h1-56H. The summed E-state index contributed by atoms with van der Waals surface area (Å²) < 4.78 is 5.09. The highest BCUT2D eigenvalue weighted by Gasteiger charge is 2.44. The monoisotopic (exact) mass is 1080 g/mol. The summed E-state index contributed by atoms with van der Waals surface area (Å²) in [6, 6.07) is 127. The Labute approximate surface area is 480 Å². The van der Waals surface area contributed by atoms with Crippen LogP contribution in [0, 0.1) is 0 Å². The fourth-order valence-corrected chi connectivity index (χ4v) is 23.5. The predicted molar refractivity (Wildman–Crippen MR) is 353 cm³/mol. The summed E-state index contributed by atoms with van der Waals surface area (Å²) in [5.74, 6) is 0. The van der Waals surface area contributed by atoms with Gasteiger partial charge >= 0.3 is 0 Å². The maximum absolute atomic E-state index is 3.10. The summed E-state index contributed by atoms with van der Waals surface area (Å²) in [7, 11) is -6.05. The summed E-state index contributed by atoms with van der Waals surface area (Å²) in [5.41, 5.74) is 11.8. The molecule has 0 saturated heterocycles. The zero-order valence-corrected chi connectivity index (χ0v) is 47.2. The molecule has 0 bridgehead atoms. The van der Waals surface area contributed by atoms with Crippen LogP contribution in [0.1, 0.15) is 0 Å². The third-order valence-corrected chi connectivity index (χ3v) is 26.8. The minimum atomic E-state index is -3.10. The molecule has 0 aliphatic carbocycles. The van der Waals surface area contributed by atoms with Crippen molar-refractivity contribution >= 4 is 101 Å². The van der Waals surface area contributed by atoms with Crippen LogP contribution < -0.4 is 41.5 Å². The second-order valence-electron chi connectivity index (χ2n) is 21.5. The zero-order valence-electron chi connectivity index (χ0n) is 45.2. The van der Waals surface area contributed by atoms with Crippen molar-refractivity contribution in [2.75, 3.05) is 0 Å². The summed E-state index contributed by atoms with van der Waals surface area (Å²) in [6.07, 6.45) is 0. The molecule has 2 heterocycles. The van der Waals surface area contributed by atoms with Crippen molar-refractivity contribution in [2.24, 2.45) is 0 Å². The van der Waals surface area contributed by atoms with E-state index in [1.54, 1.807) is 0 Å². The summed E-state index contributed by atoms with van der Waals surface area (Å²) >= 11 is 0. The molecule has 0 spiro atoms. The van der Waals surface area contributed by atoms with Crippen LogP contribution in [-0.4, -0.2) is 25.3 Å². The maximum atomic E-state index is 2.57. The van der Waals surface area contributed by atoms with E-state index in [0.717, 1.165) is 16.9 Å². The first kappa shape index (κ1) is 49.0. The predicted octanol–water partition coefficient (Wildman–Crippen LogP) is 14.0. The molecule has 0 fully saturated rings. The number of hydrogen-bond acceptors (Lipinski definition) is 0. The van der Waals surface area contributed by atoms with E-state index < -0.39 is 16.1 Å². The zero-order chi connectivity index (χ0) is 54.5. The number of para-hydroxylation sites is 2. The van der Waals surface area contributed by atoms with Gasteiger partial charge in [0.15, 0.2) is 16.1 Å². The lowest BCUT2D eigenvalue weighted by Crippen LogP contribution is -2.74. The van der Waals surface area contributed by atoms with Crippen LogP contribution in [0.4, 0.5) is 0 Å². The van der Waals surface area contributed by atoms with E-state index in [-0.39, 0.29) is 0 Å². The van der Waals surface area contributed by atoms with Gasteiger partial charge in [-0.2, -0.15) is 0 Å². The Bertz CT molecular complexity index is 4690. The lowest BCUT2D eigenvalue weighted by molar-refractivity contribution is 1.17. The number of benzene rings is 13. The molecule has 0 atom stereocenters. The molecule has 2 aromatic heterocycles. The van der Waals surface area contributed by atoms with Crippen molar-refractivity contribution in [3.63, 3.8) is 0 Å². The normalized spacial score (nSPS) is 11.9. The van der Waals surface area contributed by atoms with Crippen LogP contribution in [0.25, 0.3) is 77.2 Å². The van der Waals surface area contributed by atoms with Gasteiger partial charge in [-0.25, -0.2) is 0 Å². The van der Waals surface area contributed by atoms with Gasteiger partial charge in [0.1, 0.15) is 0 Å².